The van der Waals surface area contributed by atoms with Crippen molar-refractivity contribution in [2.45, 2.75) is 13.0 Å². The molecule has 1 atom stereocenters. The first-order chi connectivity index (χ1) is 11.2. The third-order valence-corrected chi connectivity index (χ3v) is 4.09. The Morgan fingerprint density at radius 2 is 2.09 bits per heavy atom. The van der Waals surface area contributed by atoms with E-state index >= 15 is 0 Å². The van der Waals surface area contributed by atoms with E-state index < -0.39 is 0 Å². The molecule has 0 unspecified atom stereocenters. The van der Waals surface area contributed by atoms with Crippen molar-refractivity contribution in [3.8, 4) is 0 Å². The van der Waals surface area contributed by atoms with Crippen LogP contribution in [0.2, 0.25) is 0 Å². The van der Waals surface area contributed by atoms with E-state index in [1.807, 2.05) is 43.3 Å². The molecule has 2 aromatic rings. The quantitative estimate of drug-likeness (QED) is 0.921. The highest BCUT2D eigenvalue weighted by Crippen LogP contribution is 2.21. The molecule has 0 bridgehead atoms. The maximum absolute atomic E-state index is 12.4. The lowest BCUT2D eigenvalue weighted by Crippen LogP contribution is -2.43. The monoisotopic (exact) mass is 314 g/mol. The molecule has 1 amide bonds. The minimum atomic E-state index is -0.0569. The molecular formula is C18H22N2O3. The number of carbonyl (C=O) groups excluding carboxylic acids is 1. The molecule has 1 aromatic heterocycles. The number of carbonyl (C=O) groups is 1. The summed E-state index contributed by atoms with van der Waals surface area (Å²) in [5, 5.41) is 3.03. The molecular weight excluding hydrogens is 292 g/mol. The minimum Gasteiger partial charge on any atom is -0.468 e. The Labute approximate surface area is 136 Å². The van der Waals surface area contributed by atoms with Crippen molar-refractivity contribution in [2.75, 3.05) is 32.8 Å². The van der Waals surface area contributed by atoms with Gasteiger partial charge in [0.1, 0.15) is 5.76 Å². The van der Waals surface area contributed by atoms with E-state index in [0.29, 0.717) is 25.3 Å². The van der Waals surface area contributed by atoms with E-state index in [1.54, 1.807) is 6.26 Å². The fourth-order valence-corrected chi connectivity index (χ4v) is 2.86. The average Bonchev–Trinajstić information content (AvgIpc) is 3.10. The summed E-state index contributed by atoms with van der Waals surface area (Å²) < 4.78 is 11.0. The van der Waals surface area contributed by atoms with Crippen LogP contribution in [-0.2, 0) is 4.74 Å². The van der Waals surface area contributed by atoms with Gasteiger partial charge in [-0.3, -0.25) is 9.69 Å². The molecule has 1 fully saturated rings. The van der Waals surface area contributed by atoms with Gasteiger partial charge in [0.2, 0.25) is 0 Å². The summed E-state index contributed by atoms with van der Waals surface area (Å²) in [6.07, 6.45) is 1.67. The molecule has 1 aliphatic rings. The largest absolute Gasteiger partial charge is 0.468 e. The SMILES string of the molecule is Cc1cccc(C(=O)NC[C@H](c2ccco2)N2CCOCC2)c1. The van der Waals surface area contributed by atoms with Gasteiger partial charge in [0.05, 0.1) is 25.5 Å². The van der Waals surface area contributed by atoms with Crippen molar-refractivity contribution in [1.82, 2.24) is 10.2 Å². The molecule has 2 heterocycles. The standard InChI is InChI=1S/C18H22N2O3/c1-14-4-2-5-15(12-14)18(21)19-13-16(17-6-3-9-23-17)20-7-10-22-11-8-20/h2-6,9,12,16H,7-8,10-11,13H2,1H3,(H,19,21)/t16-/m1/s1. The van der Waals surface area contributed by atoms with E-state index in [0.717, 1.165) is 24.4 Å². The average molecular weight is 314 g/mol. The van der Waals surface area contributed by atoms with Gasteiger partial charge in [-0.1, -0.05) is 17.7 Å². The van der Waals surface area contributed by atoms with Crippen LogP contribution in [0.1, 0.15) is 27.7 Å². The minimum absolute atomic E-state index is 0.0302. The normalized spacial score (nSPS) is 16.9. The number of hydrogen-bond donors (Lipinski definition) is 1. The zero-order chi connectivity index (χ0) is 16.1. The molecule has 122 valence electrons. The first kappa shape index (κ1) is 15.8. The van der Waals surface area contributed by atoms with Crippen LogP contribution in [0.15, 0.2) is 47.1 Å². The first-order valence-corrected chi connectivity index (χ1v) is 7.94. The Kier molecular flexibility index (Phi) is 5.10. The fraction of sp³-hybridized carbons (Fsp3) is 0.389. The zero-order valence-corrected chi connectivity index (χ0v) is 13.3. The van der Waals surface area contributed by atoms with Gasteiger partial charge in [0.15, 0.2) is 0 Å². The molecule has 3 rings (SSSR count). The van der Waals surface area contributed by atoms with Crippen LogP contribution in [-0.4, -0.2) is 43.7 Å². The van der Waals surface area contributed by atoms with Crippen LogP contribution in [0, 0.1) is 6.92 Å². The van der Waals surface area contributed by atoms with Crippen LogP contribution in [0.4, 0.5) is 0 Å². The summed E-state index contributed by atoms with van der Waals surface area (Å²) in [6.45, 7) is 5.60. The number of benzene rings is 1. The number of nitrogens with zero attached hydrogens (tertiary/aromatic N) is 1. The predicted molar refractivity (Wildman–Crippen MR) is 87.4 cm³/mol. The Bertz CT molecular complexity index is 633. The van der Waals surface area contributed by atoms with Crippen LogP contribution in [0.5, 0.6) is 0 Å². The maximum Gasteiger partial charge on any atom is 0.251 e. The Morgan fingerprint density at radius 1 is 1.26 bits per heavy atom. The highest BCUT2D eigenvalue weighted by Gasteiger charge is 2.25. The lowest BCUT2D eigenvalue weighted by molar-refractivity contribution is 0.0118. The summed E-state index contributed by atoms with van der Waals surface area (Å²) in [7, 11) is 0. The van der Waals surface area contributed by atoms with Crippen LogP contribution in [0.3, 0.4) is 0 Å². The molecule has 1 saturated heterocycles. The smallest absolute Gasteiger partial charge is 0.251 e. The molecule has 0 spiro atoms. The fourth-order valence-electron chi connectivity index (χ4n) is 2.86. The topological polar surface area (TPSA) is 54.7 Å². The molecule has 1 aliphatic heterocycles. The summed E-state index contributed by atoms with van der Waals surface area (Å²) in [5.74, 6) is 0.815. The van der Waals surface area contributed by atoms with Crippen molar-refractivity contribution in [2.24, 2.45) is 0 Å². The number of furan rings is 1. The number of amides is 1. The lowest BCUT2D eigenvalue weighted by Gasteiger charge is -2.33. The van der Waals surface area contributed by atoms with Gasteiger partial charge in [-0.05, 0) is 31.2 Å². The van der Waals surface area contributed by atoms with Gasteiger partial charge in [0, 0.05) is 25.2 Å². The van der Waals surface area contributed by atoms with Gasteiger partial charge in [-0.15, -0.1) is 0 Å². The second kappa shape index (κ2) is 7.44. The summed E-state index contributed by atoms with van der Waals surface area (Å²) in [4.78, 5) is 14.7. The Balaban J connectivity index is 1.67. The molecule has 5 heteroatoms. The van der Waals surface area contributed by atoms with E-state index in [2.05, 4.69) is 10.2 Å². The summed E-state index contributed by atoms with van der Waals surface area (Å²) in [5.41, 5.74) is 1.76. The predicted octanol–water partition coefficient (Wildman–Crippen LogP) is 2.39. The third kappa shape index (κ3) is 4.00. The second-order valence-electron chi connectivity index (χ2n) is 5.76. The van der Waals surface area contributed by atoms with Gasteiger partial charge in [-0.25, -0.2) is 0 Å². The third-order valence-electron chi connectivity index (χ3n) is 4.09. The van der Waals surface area contributed by atoms with Crippen molar-refractivity contribution in [3.05, 3.63) is 59.5 Å². The molecule has 0 radical (unpaired) electrons. The number of nitrogens with one attached hydrogen (secondary N) is 1. The summed E-state index contributed by atoms with van der Waals surface area (Å²) in [6, 6.07) is 11.5. The zero-order valence-electron chi connectivity index (χ0n) is 13.3. The first-order valence-electron chi connectivity index (χ1n) is 7.94. The number of aryl methyl sites for hydroxylation is 1. The lowest BCUT2D eigenvalue weighted by atomic mass is 10.1. The maximum atomic E-state index is 12.4. The molecule has 5 nitrogen and oxygen atoms in total. The van der Waals surface area contributed by atoms with Crippen molar-refractivity contribution in [1.29, 1.82) is 0 Å². The van der Waals surface area contributed by atoms with E-state index in [-0.39, 0.29) is 11.9 Å². The molecule has 0 aliphatic carbocycles. The van der Waals surface area contributed by atoms with Crippen LogP contribution >= 0.6 is 0 Å². The van der Waals surface area contributed by atoms with Gasteiger partial charge < -0.3 is 14.5 Å². The Morgan fingerprint density at radius 3 is 2.78 bits per heavy atom. The van der Waals surface area contributed by atoms with E-state index in [1.165, 1.54) is 0 Å². The van der Waals surface area contributed by atoms with Crippen molar-refractivity contribution in [3.63, 3.8) is 0 Å². The van der Waals surface area contributed by atoms with Gasteiger partial charge in [0.25, 0.3) is 5.91 Å². The number of morpholine rings is 1. The number of hydrogen-bond acceptors (Lipinski definition) is 4. The van der Waals surface area contributed by atoms with Gasteiger partial charge >= 0.3 is 0 Å². The molecule has 23 heavy (non-hydrogen) atoms. The number of ether oxygens (including phenoxy) is 1. The van der Waals surface area contributed by atoms with E-state index in [4.69, 9.17) is 9.15 Å². The van der Waals surface area contributed by atoms with Crippen LogP contribution < -0.4 is 5.32 Å². The molecule has 1 aromatic carbocycles. The van der Waals surface area contributed by atoms with Crippen LogP contribution in [0.25, 0.3) is 0 Å². The highest BCUT2D eigenvalue weighted by molar-refractivity contribution is 5.94. The molecule has 1 N–H and O–H groups in total. The van der Waals surface area contributed by atoms with Crippen molar-refractivity contribution >= 4 is 5.91 Å². The Hall–Kier alpha value is -2.11. The van der Waals surface area contributed by atoms with Gasteiger partial charge in [-0.2, -0.15) is 0 Å². The van der Waals surface area contributed by atoms with E-state index in [9.17, 15) is 4.79 Å². The molecule has 0 saturated carbocycles. The summed E-state index contributed by atoms with van der Waals surface area (Å²) >= 11 is 0. The second-order valence-corrected chi connectivity index (χ2v) is 5.76. The van der Waals surface area contributed by atoms with Crippen molar-refractivity contribution < 1.29 is 13.9 Å². The highest BCUT2D eigenvalue weighted by atomic mass is 16.5. The number of rotatable bonds is 5.